The lowest BCUT2D eigenvalue weighted by molar-refractivity contribution is 0.178. The molecule has 2 unspecified atom stereocenters. The molecule has 1 heterocycles. The maximum Gasteiger partial charge on any atom is 0.148 e. The van der Waals surface area contributed by atoms with Gasteiger partial charge in [-0.05, 0) is 25.2 Å². The monoisotopic (exact) mass is 227 g/mol. The molecule has 2 N–H and O–H groups in total. The van der Waals surface area contributed by atoms with Gasteiger partial charge in [-0.3, -0.25) is 0 Å². The normalized spacial score (nSPS) is 25.5. The van der Waals surface area contributed by atoms with Crippen molar-refractivity contribution in [2.75, 3.05) is 11.9 Å². The van der Waals surface area contributed by atoms with Crippen LogP contribution < -0.4 is 5.32 Å². The van der Waals surface area contributed by atoms with Crippen LogP contribution in [0.2, 0.25) is 5.02 Å². The fourth-order valence-corrected chi connectivity index (χ4v) is 2.09. The minimum Gasteiger partial charge on any atom is -0.393 e. The van der Waals surface area contributed by atoms with Crippen molar-refractivity contribution in [2.24, 2.45) is 5.92 Å². The number of halogens is 1. The molecule has 15 heavy (non-hydrogen) atoms. The molecule has 1 aromatic heterocycles. The van der Waals surface area contributed by atoms with Crippen LogP contribution in [0.4, 0.5) is 5.82 Å². The summed E-state index contributed by atoms with van der Waals surface area (Å²) < 4.78 is 0. The molecule has 0 aromatic carbocycles. The van der Waals surface area contributed by atoms with E-state index in [2.05, 4.69) is 15.3 Å². The fourth-order valence-electron chi connectivity index (χ4n) is 1.92. The lowest BCUT2D eigenvalue weighted by atomic mass is 10.1. The summed E-state index contributed by atoms with van der Waals surface area (Å²) in [5.74, 6) is 1.19. The predicted molar refractivity (Wildman–Crippen MR) is 58.9 cm³/mol. The number of aliphatic hydroxyl groups excluding tert-OH is 1. The number of aliphatic hydroxyl groups is 1. The molecule has 2 atom stereocenters. The highest BCUT2D eigenvalue weighted by atomic mass is 35.5. The summed E-state index contributed by atoms with van der Waals surface area (Å²) in [7, 11) is 0. The first-order chi connectivity index (χ1) is 7.25. The number of aromatic nitrogens is 2. The lowest BCUT2D eigenvalue weighted by Crippen LogP contribution is -2.13. The summed E-state index contributed by atoms with van der Waals surface area (Å²) >= 11 is 5.90. The third-order valence-electron chi connectivity index (χ3n) is 2.74. The minimum absolute atomic E-state index is 0.127. The second kappa shape index (κ2) is 4.77. The Balaban J connectivity index is 1.86. The Morgan fingerprint density at radius 1 is 1.53 bits per heavy atom. The summed E-state index contributed by atoms with van der Waals surface area (Å²) in [5, 5.41) is 13.1. The fraction of sp³-hybridized carbons (Fsp3) is 0.600. The van der Waals surface area contributed by atoms with Gasteiger partial charge in [0.05, 0.1) is 12.3 Å². The molecule has 0 saturated heterocycles. The van der Waals surface area contributed by atoms with E-state index in [9.17, 15) is 5.11 Å². The van der Waals surface area contributed by atoms with Gasteiger partial charge in [0.25, 0.3) is 0 Å². The van der Waals surface area contributed by atoms with E-state index in [0.29, 0.717) is 16.8 Å². The largest absolute Gasteiger partial charge is 0.393 e. The molecule has 1 aromatic rings. The van der Waals surface area contributed by atoms with Crippen molar-refractivity contribution in [1.82, 2.24) is 9.97 Å². The van der Waals surface area contributed by atoms with Crippen LogP contribution in [0.15, 0.2) is 12.5 Å². The number of nitrogens with one attached hydrogen (secondary N) is 1. The Kier molecular flexibility index (Phi) is 3.38. The molecule has 0 aliphatic heterocycles. The summed E-state index contributed by atoms with van der Waals surface area (Å²) in [6.45, 7) is 0.813. The van der Waals surface area contributed by atoms with Gasteiger partial charge in [0.1, 0.15) is 17.2 Å². The highest BCUT2D eigenvalue weighted by Gasteiger charge is 2.22. The average molecular weight is 228 g/mol. The first kappa shape index (κ1) is 10.6. The number of nitrogens with zero attached hydrogens (tertiary/aromatic N) is 2. The van der Waals surface area contributed by atoms with Crippen LogP contribution in [-0.4, -0.2) is 27.7 Å². The lowest BCUT2D eigenvalue weighted by Gasteiger charge is -2.11. The van der Waals surface area contributed by atoms with Crippen LogP contribution in [0.3, 0.4) is 0 Å². The number of hydrogen-bond acceptors (Lipinski definition) is 4. The maximum absolute atomic E-state index is 9.37. The van der Waals surface area contributed by atoms with Gasteiger partial charge in [0.15, 0.2) is 0 Å². The van der Waals surface area contributed by atoms with Crippen molar-refractivity contribution < 1.29 is 5.11 Å². The number of hydrogen-bond donors (Lipinski definition) is 2. The molecule has 1 aliphatic carbocycles. The average Bonchev–Trinajstić information content (AvgIpc) is 2.63. The Hall–Kier alpha value is -0.870. The summed E-state index contributed by atoms with van der Waals surface area (Å²) in [5.41, 5.74) is 0. The van der Waals surface area contributed by atoms with Crippen molar-refractivity contribution in [2.45, 2.75) is 25.4 Å². The third kappa shape index (κ3) is 2.79. The molecule has 1 saturated carbocycles. The number of anilines is 1. The van der Waals surface area contributed by atoms with Crippen molar-refractivity contribution >= 4 is 17.4 Å². The Bertz CT molecular complexity index is 334. The van der Waals surface area contributed by atoms with Crippen LogP contribution >= 0.6 is 11.6 Å². The zero-order chi connectivity index (χ0) is 10.7. The Morgan fingerprint density at radius 2 is 2.40 bits per heavy atom. The molecule has 0 bridgehead atoms. The topological polar surface area (TPSA) is 58.0 Å². The van der Waals surface area contributed by atoms with E-state index in [1.165, 1.54) is 6.33 Å². The first-order valence-corrected chi connectivity index (χ1v) is 5.51. The van der Waals surface area contributed by atoms with Crippen LogP contribution in [-0.2, 0) is 0 Å². The molecule has 0 radical (unpaired) electrons. The van der Waals surface area contributed by atoms with Crippen LogP contribution in [0.5, 0.6) is 0 Å². The van der Waals surface area contributed by atoms with Gasteiger partial charge >= 0.3 is 0 Å². The van der Waals surface area contributed by atoms with Gasteiger partial charge in [-0.25, -0.2) is 9.97 Å². The van der Waals surface area contributed by atoms with Gasteiger partial charge in [-0.1, -0.05) is 11.6 Å². The van der Waals surface area contributed by atoms with E-state index < -0.39 is 0 Å². The van der Waals surface area contributed by atoms with E-state index in [1.807, 2.05) is 0 Å². The van der Waals surface area contributed by atoms with Gasteiger partial charge in [0, 0.05) is 6.54 Å². The maximum atomic E-state index is 9.37. The van der Waals surface area contributed by atoms with Crippen LogP contribution in [0.1, 0.15) is 19.3 Å². The van der Waals surface area contributed by atoms with E-state index in [0.717, 1.165) is 25.8 Å². The highest BCUT2D eigenvalue weighted by molar-refractivity contribution is 6.32. The smallest absolute Gasteiger partial charge is 0.148 e. The zero-order valence-corrected chi connectivity index (χ0v) is 9.11. The molecule has 82 valence electrons. The second-order valence-corrected chi connectivity index (χ2v) is 4.34. The minimum atomic E-state index is -0.127. The molecule has 2 rings (SSSR count). The third-order valence-corrected chi connectivity index (χ3v) is 3.02. The van der Waals surface area contributed by atoms with Gasteiger partial charge in [-0.2, -0.15) is 0 Å². The summed E-state index contributed by atoms with van der Waals surface area (Å²) in [6.07, 6.45) is 5.76. The van der Waals surface area contributed by atoms with Gasteiger partial charge in [-0.15, -0.1) is 0 Å². The molecule has 0 amide bonds. The summed E-state index contributed by atoms with van der Waals surface area (Å²) in [6, 6.07) is 0. The zero-order valence-electron chi connectivity index (χ0n) is 8.36. The quantitative estimate of drug-likeness (QED) is 0.826. The van der Waals surface area contributed by atoms with E-state index in [1.54, 1.807) is 6.20 Å². The van der Waals surface area contributed by atoms with E-state index in [4.69, 9.17) is 11.6 Å². The van der Waals surface area contributed by atoms with Gasteiger partial charge in [0.2, 0.25) is 0 Å². The van der Waals surface area contributed by atoms with E-state index in [-0.39, 0.29) is 6.10 Å². The van der Waals surface area contributed by atoms with Crippen molar-refractivity contribution in [3.8, 4) is 0 Å². The SMILES string of the molecule is OC1CCC(CNc2ncncc2Cl)C1. The van der Waals surface area contributed by atoms with E-state index >= 15 is 0 Å². The molecular weight excluding hydrogens is 214 g/mol. The predicted octanol–water partition coefficient (Wildman–Crippen LogP) is 1.70. The Morgan fingerprint density at radius 3 is 3.07 bits per heavy atom. The van der Waals surface area contributed by atoms with Crippen molar-refractivity contribution in [3.63, 3.8) is 0 Å². The molecular formula is C10H14ClN3O. The second-order valence-electron chi connectivity index (χ2n) is 3.93. The number of rotatable bonds is 3. The molecule has 0 spiro atoms. The Labute approximate surface area is 93.7 Å². The van der Waals surface area contributed by atoms with Crippen molar-refractivity contribution in [1.29, 1.82) is 0 Å². The molecule has 1 fully saturated rings. The van der Waals surface area contributed by atoms with Crippen molar-refractivity contribution in [3.05, 3.63) is 17.5 Å². The molecule has 5 heteroatoms. The standard InChI is InChI=1S/C10H14ClN3O/c11-9-5-12-6-14-10(9)13-4-7-1-2-8(15)3-7/h5-8,15H,1-4H2,(H,12,13,14). The molecule has 4 nitrogen and oxygen atoms in total. The highest BCUT2D eigenvalue weighted by Crippen LogP contribution is 2.26. The first-order valence-electron chi connectivity index (χ1n) is 5.13. The molecule has 1 aliphatic rings. The van der Waals surface area contributed by atoms with Crippen LogP contribution in [0.25, 0.3) is 0 Å². The summed E-state index contributed by atoms with van der Waals surface area (Å²) in [4.78, 5) is 7.86. The van der Waals surface area contributed by atoms with Gasteiger partial charge < -0.3 is 10.4 Å². The van der Waals surface area contributed by atoms with Crippen LogP contribution in [0, 0.1) is 5.92 Å².